The standard InChI is InChI=1S/C15H14O3S/c1-10(9-15(17)18-2)13-7-8-14(19-13)11-3-5-12(16)6-4-11/h3-9,16H,1-2H3/b10-9+. The van der Waals surface area contributed by atoms with E-state index in [1.165, 1.54) is 13.2 Å². The zero-order valence-corrected chi connectivity index (χ0v) is 11.5. The highest BCUT2D eigenvalue weighted by Gasteiger charge is 2.06. The first-order valence-corrected chi connectivity index (χ1v) is 6.57. The predicted molar refractivity (Wildman–Crippen MR) is 77.1 cm³/mol. The minimum atomic E-state index is -0.350. The van der Waals surface area contributed by atoms with Gasteiger partial charge in [-0.2, -0.15) is 0 Å². The molecule has 1 N–H and O–H groups in total. The van der Waals surface area contributed by atoms with E-state index in [4.69, 9.17) is 0 Å². The molecule has 0 unspecified atom stereocenters. The second-order valence-corrected chi connectivity index (χ2v) is 5.15. The van der Waals surface area contributed by atoms with E-state index in [0.717, 1.165) is 20.9 Å². The molecular weight excluding hydrogens is 260 g/mol. The van der Waals surface area contributed by atoms with Gasteiger partial charge >= 0.3 is 5.97 Å². The topological polar surface area (TPSA) is 46.5 Å². The molecule has 0 atom stereocenters. The molecule has 2 aromatic rings. The van der Waals surface area contributed by atoms with Crippen LogP contribution >= 0.6 is 11.3 Å². The van der Waals surface area contributed by atoms with Crippen LogP contribution in [-0.2, 0) is 9.53 Å². The quantitative estimate of drug-likeness (QED) is 0.685. The van der Waals surface area contributed by atoms with E-state index in [1.54, 1.807) is 23.5 Å². The van der Waals surface area contributed by atoms with Crippen molar-refractivity contribution >= 4 is 22.9 Å². The molecule has 0 aliphatic heterocycles. The largest absolute Gasteiger partial charge is 0.508 e. The molecule has 2 rings (SSSR count). The second-order valence-electron chi connectivity index (χ2n) is 4.06. The third-order valence-corrected chi connectivity index (χ3v) is 3.95. The molecule has 0 bridgehead atoms. The number of carbonyl (C=O) groups is 1. The minimum Gasteiger partial charge on any atom is -0.508 e. The molecule has 98 valence electrons. The van der Waals surface area contributed by atoms with E-state index in [0.29, 0.717) is 0 Å². The summed E-state index contributed by atoms with van der Waals surface area (Å²) in [5, 5.41) is 9.27. The average Bonchev–Trinajstić information content (AvgIpc) is 2.89. The van der Waals surface area contributed by atoms with Gasteiger partial charge in [0.05, 0.1) is 7.11 Å². The van der Waals surface area contributed by atoms with Crippen molar-refractivity contribution in [2.24, 2.45) is 0 Å². The van der Waals surface area contributed by atoms with Gasteiger partial charge in [0, 0.05) is 15.8 Å². The number of aromatic hydroxyl groups is 1. The van der Waals surface area contributed by atoms with Crippen LogP contribution in [-0.4, -0.2) is 18.2 Å². The van der Waals surface area contributed by atoms with Crippen LogP contribution in [0.15, 0.2) is 42.5 Å². The van der Waals surface area contributed by atoms with Gasteiger partial charge in [-0.25, -0.2) is 4.79 Å². The Balaban J connectivity index is 2.26. The monoisotopic (exact) mass is 274 g/mol. The van der Waals surface area contributed by atoms with Gasteiger partial charge in [0.1, 0.15) is 5.75 Å². The number of hydrogen-bond acceptors (Lipinski definition) is 4. The maximum Gasteiger partial charge on any atom is 0.330 e. The summed E-state index contributed by atoms with van der Waals surface area (Å²) in [4.78, 5) is 13.3. The molecule has 1 heterocycles. The Kier molecular flexibility index (Phi) is 4.02. The highest BCUT2D eigenvalue weighted by Crippen LogP contribution is 2.32. The molecule has 0 fully saturated rings. The van der Waals surface area contributed by atoms with E-state index in [9.17, 15) is 9.90 Å². The first-order valence-electron chi connectivity index (χ1n) is 5.76. The van der Waals surface area contributed by atoms with Gasteiger partial charge in [0.2, 0.25) is 0 Å². The number of phenolic OH excluding ortho intramolecular Hbond substituents is 1. The fourth-order valence-corrected chi connectivity index (χ4v) is 2.62. The predicted octanol–water partition coefficient (Wildman–Crippen LogP) is 3.70. The van der Waals surface area contributed by atoms with Crippen molar-refractivity contribution in [3.8, 4) is 16.2 Å². The lowest BCUT2D eigenvalue weighted by Gasteiger charge is -1.98. The molecule has 0 saturated carbocycles. The van der Waals surface area contributed by atoms with E-state index in [1.807, 2.05) is 31.2 Å². The molecule has 4 heteroatoms. The zero-order chi connectivity index (χ0) is 13.8. The Morgan fingerprint density at radius 1 is 1.21 bits per heavy atom. The van der Waals surface area contributed by atoms with Gasteiger partial charge in [-0.1, -0.05) is 0 Å². The number of ether oxygens (including phenoxy) is 1. The van der Waals surface area contributed by atoms with Crippen molar-refractivity contribution in [3.63, 3.8) is 0 Å². The van der Waals surface area contributed by atoms with Gasteiger partial charge < -0.3 is 9.84 Å². The number of carbonyl (C=O) groups excluding carboxylic acids is 1. The molecule has 0 amide bonds. The fourth-order valence-electron chi connectivity index (χ4n) is 1.64. The van der Waals surface area contributed by atoms with Gasteiger partial charge in [0.15, 0.2) is 0 Å². The normalized spacial score (nSPS) is 11.4. The molecule has 0 aliphatic carbocycles. The lowest BCUT2D eigenvalue weighted by atomic mass is 10.2. The number of hydrogen-bond donors (Lipinski definition) is 1. The van der Waals surface area contributed by atoms with Crippen LogP contribution in [0.5, 0.6) is 5.75 Å². The number of benzene rings is 1. The molecule has 1 aromatic carbocycles. The molecule has 19 heavy (non-hydrogen) atoms. The summed E-state index contributed by atoms with van der Waals surface area (Å²) in [5.74, 6) is -0.0978. The van der Waals surface area contributed by atoms with E-state index >= 15 is 0 Å². The molecule has 1 aromatic heterocycles. The van der Waals surface area contributed by atoms with Crippen LogP contribution in [0.3, 0.4) is 0 Å². The number of rotatable bonds is 3. The first-order chi connectivity index (χ1) is 9.10. The molecule has 0 saturated heterocycles. The lowest BCUT2D eigenvalue weighted by Crippen LogP contribution is -1.94. The van der Waals surface area contributed by atoms with Gasteiger partial charge in [0.25, 0.3) is 0 Å². The van der Waals surface area contributed by atoms with Gasteiger partial charge in [-0.3, -0.25) is 0 Å². The van der Waals surface area contributed by atoms with Crippen molar-refractivity contribution in [2.75, 3.05) is 7.11 Å². The Morgan fingerprint density at radius 2 is 1.89 bits per heavy atom. The third kappa shape index (κ3) is 3.23. The summed E-state index contributed by atoms with van der Waals surface area (Å²) in [7, 11) is 1.36. The number of phenols is 1. The third-order valence-electron chi connectivity index (χ3n) is 2.68. The van der Waals surface area contributed by atoms with Crippen molar-refractivity contribution in [1.29, 1.82) is 0 Å². The van der Waals surface area contributed by atoms with Crippen LogP contribution in [0.2, 0.25) is 0 Å². The van der Waals surface area contributed by atoms with Crippen LogP contribution < -0.4 is 0 Å². The number of thiophene rings is 1. The highest BCUT2D eigenvalue weighted by atomic mass is 32.1. The second kappa shape index (κ2) is 5.71. The van der Waals surface area contributed by atoms with Gasteiger partial charge in [-0.15, -0.1) is 11.3 Å². The molecular formula is C15H14O3S. The summed E-state index contributed by atoms with van der Waals surface area (Å²) in [6, 6.07) is 11.0. The van der Waals surface area contributed by atoms with Crippen LogP contribution in [0, 0.1) is 0 Å². The van der Waals surface area contributed by atoms with E-state index < -0.39 is 0 Å². The molecule has 0 radical (unpaired) electrons. The maximum absolute atomic E-state index is 11.2. The summed E-state index contributed by atoms with van der Waals surface area (Å²) in [6.07, 6.45) is 1.48. The first kappa shape index (κ1) is 13.4. The summed E-state index contributed by atoms with van der Waals surface area (Å²) in [6.45, 7) is 1.88. The highest BCUT2D eigenvalue weighted by molar-refractivity contribution is 7.16. The Morgan fingerprint density at radius 3 is 2.53 bits per heavy atom. The number of methoxy groups -OCH3 is 1. The summed E-state index contributed by atoms with van der Waals surface area (Å²) >= 11 is 1.59. The van der Waals surface area contributed by atoms with Crippen LogP contribution in [0.4, 0.5) is 0 Å². The minimum absolute atomic E-state index is 0.252. The van der Waals surface area contributed by atoms with E-state index in [2.05, 4.69) is 4.74 Å². The molecule has 0 aliphatic rings. The molecule has 0 spiro atoms. The van der Waals surface area contributed by atoms with Gasteiger partial charge in [-0.05, 0) is 54.5 Å². The van der Waals surface area contributed by atoms with Crippen molar-refractivity contribution in [1.82, 2.24) is 0 Å². The van der Waals surface area contributed by atoms with Crippen LogP contribution in [0.1, 0.15) is 11.8 Å². The Labute approximate surface area is 115 Å². The average molecular weight is 274 g/mol. The lowest BCUT2D eigenvalue weighted by molar-refractivity contribution is -0.134. The number of esters is 1. The zero-order valence-electron chi connectivity index (χ0n) is 10.7. The Hall–Kier alpha value is -2.07. The van der Waals surface area contributed by atoms with Crippen molar-refractivity contribution in [2.45, 2.75) is 6.92 Å². The smallest absolute Gasteiger partial charge is 0.330 e. The maximum atomic E-state index is 11.2. The summed E-state index contributed by atoms with van der Waals surface area (Å²) < 4.78 is 4.61. The molecule has 3 nitrogen and oxygen atoms in total. The Bertz CT molecular complexity index is 609. The fraction of sp³-hybridized carbons (Fsp3) is 0.133. The summed E-state index contributed by atoms with van der Waals surface area (Å²) in [5.41, 5.74) is 1.92. The number of allylic oxidation sites excluding steroid dienone is 1. The van der Waals surface area contributed by atoms with E-state index in [-0.39, 0.29) is 11.7 Å². The van der Waals surface area contributed by atoms with Crippen LogP contribution in [0.25, 0.3) is 16.0 Å². The SMILES string of the molecule is COC(=O)/C=C(\C)c1ccc(-c2ccc(O)cc2)s1. The van der Waals surface area contributed by atoms with Crippen molar-refractivity contribution < 1.29 is 14.6 Å². The van der Waals surface area contributed by atoms with Crippen molar-refractivity contribution in [3.05, 3.63) is 47.4 Å².